The van der Waals surface area contributed by atoms with Crippen LogP contribution in [0.15, 0.2) is 30.3 Å². The fourth-order valence-electron chi connectivity index (χ4n) is 2.03. The Kier molecular flexibility index (Phi) is 5.76. The van der Waals surface area contributed by atoms with E-state index >= 15 is 0 Å². The van der Waals surface area contributed by atoms with Crippen LogP contribution in [0.4, 0.5) is 13.2 Å². The van der Waals surface area contributed by atoms with E-state index in [1.807, 2.05) is 0 Å². The van der Waals surface area contributed by atoms with E-state index in [2.05, 4.69) is 0 Å². The van der Waals surface area contributed by atoms with Gasteiger partial charge in [0.15, 0.2) is 11.6 Å². The van der Waals surface area contributed by atoms with Crippen LogP contribution in [0.1, 0.15) is 15.9 Å². The Balaban J connectivity index is 2.22. The molecule has 10 heteroatoms. The number of hydrogen-bond donors (Lipinski definition) is 1. The van der Waals surface area contributed by atoms with Crippen molar-refractivity contribution in [3.05, 3.63) is 58.9 Å². The molecule has 0 saturated heterocycles. The van der Waals surface area contributed by atoms with Gasteiger partial charge in [-0.2, -0.15) is 0 Å². The van der Waals surface area contributed by atoms with Gasteiger partial charge in [0.05, 0.1) is 18.9 Å². The van der Waals surface area contributed by atoms with Gasteiger partial charge in [0.25, 0.3) is 5.91 Å². The van der Waals surface area contributed by atoms with Crippen LogP contribution >= 0.6 is 0 Å². The number of halogens is 3. The molecule has 0 unspecified atom stereocenters. The Morgan fingerprint density at radius 1 is 1.08 bits per heavy atom. The fourth-order valence-corrected chi connectivity index (χ4v) is 2.48. The third-order valence-corrected chi connectivity index (χ3v) is 3.73. The highest BCUT2D eigenvalue weighted by molar-refractivity contribution is 7.89. The Morgan fingerprint density at radius 3 is 2.38 bits per heavy atom. The first-order valence-corrected chi connectivity index (χ1v) is 8.96. The van der Waals surface area contributed by atoms with Gasteiger partial charge in [-0.05, 0) is 18.2 Å². The molecule has 140 valence electrons. The number of hydrogen-bond acceptors (Lipinski definition) is 5. The predicted molar refractivity (Wildman–Crippen MR) is 86.0 cm³/mol. The molecule has 1 N–H and O–H groups in total. The topological polar surface area (TPSA) is 81.7 Å². The smallest absolute Gasteiger partial charge is 0.267 e. The highest BCUT2D eigenvalue weighted by atomic mass is 32.2. The molecular formula is C16H14F3NO5S. The molecule has 26 heavy (non-hydrogen) atoms. The lowest BCUT2D eigenvalue weighted by Crippen LogP contribution is -2.30. The van der Waals surface area contributed by atoms with Crippen molar-refractivity contribution in [1.82, 2.24) is 4.72 Å². The van der Waals surface area contributed by atoms with E-state index in [0.717, 1.165) is 12.1 Å². The summed E-state index contributed by atoms with van der Waals surface area (Å²) in [5, 5.41) is 0. The number of methoxy groups -OCH3 is 1. The second-order valence-electron chi connectivity index (χ2n) is 5.21. The first-order chi connectivity index (χ1) is 12.1. The monoisotopic (exact) mass is 389 g/mol. The van der Waals surface area contributed by atoms with Gasteiger partial charge in [0.1, 0.15) is 24.0 Å². The molecule has 2 rings (SSSR count). The van der Waals surface area contributed by atoms with E-state index in [1.54, 1.807) is 0 Å². The fraction of sp³-hybridized carbons (Fsp3) is 0.188. The third kappa shape index (κ3) is 4.88. The molecule has 2 aromatic rings. The van der Waals surface area contributed by atoms with Gasteiger partial charge in [-0.25, -0.2) is 26.3 Å². The van der Waals surface area contributed by atoms with Crippen molar-refractivity contribution in [2.75, 3.05) is 13.4 Å². The van der Waals surface area contributed by atoms with Gasteiger partial charge in [-0.1, -0.05) is 0 Å². The van der Waals surface area contributed by atoms with Crippen LogP contribution in [0.3, 0.4) is 0 Å². The maximum Gasteiger partial charge on any atom is 0.267 e. The Labute approximate surface area is 147 Å². The maximum atomic E-state index is 14.1. The van der Waals surface area contributed by atoms with Crippen molar-refractivity contribution < 1.29 is 35.9 Å². The maximum absolute atomic E-state index is 14.1. The Bertz CT molecular complexity index is 947. The van der Waals surface area contributed by atoms with Crippen molar-refractivity contribution in [2.45, 2.75) is 6.61 Å². The number of carbonyl (C=O) groups excluding carboxylic acids is 1. The highest BCUT2D eigenvalue weighted by Gasteiger charge is 2.19. The minimum Gasteiger partial charge on any atom is -0.496 e. The zero-order valence-electron chi connectivity index (χ0n) is 13.7. The molecule has 0 heterocycles. The normalized spacial score (nSPS) is 11.1. The summed E-state index contributed by atoms with van der Waals surface area (Å²) in [5.74, 6) is -4.45. The van der Waals surface area contributed by atoms with Gasteiger partial charge >= 0.3 is 0 Å². The summed E-state index contributed by atoms with van der Waals surface area (Å²) in [4.78, 5) is 11.6. The van der Waals surface area contributed by atoms with Gasteiger partial charge < -0.3 is 9.47 Å². The molecular weight excluding hydrogens is 375 g/mol. The molecule has 0 aliphatic carbocycles. The van der Waals surface area contributed by atoms with E-state index in [-0.39, 0.29) is 12.4 Å². The molecule has 0 aliphatic heterocycles. The summed E-state index contributed by atoms with van der Waals surface area (Å²) in [6, 6.07) is 4.75. The van der Waals surface area contributed by atoms with Crippen molar-refractivity contribution in [1.29, 1.82) is 0 Å². The number of sulfonamides is 1. The quantitative estimate of drug-likeness (QED) is 0.821. The molecule has 0 saturated carbocycles. The summed E-state index contributed by atoms with van der Waals surface area (Å²) in [5.41, 5.74) is -0.410. The largest absolute Gasteiger partial charge is 0.496 e. The third-order valence-electron chi connectivity index (χ3n) is 3.18. The number of amides is 1. The van der Waals surface area contributed by atoms with Crippen LogP contribution in [0, 0.1) is 17.5 Å². The first kappa shape index (κ1) is 19.6. The van der Waals surface area contributed by atoms with Crippen LogP contribution in [0.2, 0.25) is 0 Å². The van der Waals surface area contributed by atoms with E-state index in [1.165, 1.54) is 17.9 Å². The standard InChI is InChI=1S/C16H14F3NO5S/c1-24-14-5-10(17)4-3-9(14)8-25-15-7-12(18)11(6-13(15)19)16(21)20-26(2,22)23/h3-7H,8H2,1-2H3,(H,20,21). The van der Waals surface area contributed by atoms with Crippen LogP contribution < -0.4 is 14.2 Å². The number of ether oxygens (including phenoxy) is 2. The number of rotatable bonds is 6. The predicted octanol–water partition coefficient (Wildman–Crippen LogP) is 2.38. The van der Waals surface area contributed by atoms with Gasteiger partial charge in [-0.3, -0.25) is 4.79 Å². The summed E-state index contributed by atoms with van der Waals surface area (Å²) in [6.07, 6.45) is 0.701. The van der Waals surface area contributed by atoms with Crippen LogP contribution in [-0.4, -0.2) is 27.7 Å². The van der Waals surface area contributed by atoms with Crippen molar-refractivity contribution in [3.8, 4) is 11.5 Å². The van der Waals surface area contributed by atoms with Gasteiger partial charge in [0, 0.05) is 17.7 Å². The summed E-state index contributed by atoms with van der Waals surface area (Å²) in [7, 11) is -2.62. The van der Waals surface area contributed by atoms with Gasteiger partial charge in [-0.15, -0.1) is 0 Å². The first-order valence-electron chi connectivity index (χ1n) is 7.07. The van der Waals surface area contributed by atoms with Crippen molar-refractivity contribution in [3.63, 3.8) is 0 Å². The second-order valence-corrected chi connectivity index (χ2v) is 6.96. The van der Waals surface area contributed by atoms with Crippen molar-refractivity contribution in [2.24, 2.45) is 0 Å². The van der Waals surface area contributed by atoms with Crippen LogP contribution in [0.5, 0.6) is 11.5 Å². The number of nitrogens with one attached hydrogen (secondary N) is 1. The van der Waals surface area contributed by atoms with E-state index in [0.29, 0.717) is 24.0 Å². The molecule has 1 amide bonds. The molecule has 2 aromatic carbocycles. The minimum atomic E-state index is -3.93. The zero-order chi connectivity index (χ0) is 19.5. The zero-order valence-corrected chi connectivity index (χ0v) is 14.5. The molecule has 0 bridgehead atoms. The van der Waals surface area contributed by atoms with Crippen LogP contribution in [0.25, 0.3) is 0 Å². The Morgan fingerprint density at radius 2 is 1.77 bits per heavy atom. The number of benzene rings is 2. The lowest BCUT2D eigenvalue weighted by Gasteiger charge is -2.12. The summed E-state index contributed by atoms with van der Waals surface area (Å²) in [6.45, 7) is -0.255. The lowest BCUT2D eigenvalue weighted by molar-refractivity contribution is 0.0977. The van der Waals surface area contributed by atoms with Crippen molar-refractivity contribution >= 4 is 15.9 Å². The van der Waals surface area contributed by atoms with Gasteiger partial charge in [0.2, 0.25) is 10.0 Å². The molecule has 0 radical (unpaired) electrons. The molecule has 0 aromatic heterocycles. The Hall–Kier alpha value is -2.75. The molecule has 6 nitrogen and oxygen atoms in total. The average Bonchev–Trinajstić information content (AvgIpc) is 2.54. The van der Waals surface area contributed by atoms with E-state index < -0.39 is 44.7 Å². The summed E-state index contributed by atoms with van der Waals surface area (Å²) >= 11 is 0. The minimum absolute atomic E-state index is 0.162. The molecule has 0 spiro atoms. The summed E-state index contributed by atoms with van der Waals surface area (Å²) < 4.78 is 74.9. The number of carbonyl (C=O) groups is 1. The van der Waals surface area contributed by atoms with E-state index in [9.17, 15) is 26.4 Å². The highest BCUT2D eigenvalue weighted by Crippen LogP contribution is 2.25. The lowest BCUT2D eigenvalue weighted by atomic mass is 10.2. The average molecular weight is 389 g/mol. The molecule has 0 atom stereocenters. The SMILES string of the molecule is COc1cc(F)ccc1COc1cc(F)c(C(=O)NS(C)(=O)=O)cc1F. The molecule has 0 aliphatic rings. The van der Waals surface area contributed by atoms with Crippen LogP contribution in [-0.2, 0) is 16.6 Å². The van der Waals surface area contributed by atoms with E-state index in [4.69, 9.17) is 9.47 Å². The second kappa shape index (κ2) is 7.65. The molecule has 0 fully saturated rings.